The van der Waals surface area contributed by atoms with Gasteiger partial charge in [-0.2, -0.15) is 13.2 Å². The number of rotatable bonds is 10. The molecule has 3 rings (SSSR count). The predicted octanol–water partition coefficient (Wildman–Crippen LogP) is 6.45. The van der Waals surface area contributed by atoms with E-state index < -0.39 is 17.6 Å². The SMILES string of the molecule is CSNC(=O)Cc1ccc(C(F)(F)F)c(NC(=O)c2ccc(CCCc3ccccc3)n2C(C)C)c1. The van der Waals surface area contributed by atoms with E-state index in [9.17, 15) is 22.8 Å². The molecule has 3 aromatic rings. The van der Waals surface area contributed by atoms with Gasteiger partial charge in [-0.05, 0) is 68.5 Å². The highest BCUT2D eigenvalue weighted by atomic mass is 32.2. The highest BCUT2D eigenvalue weighted by Crippen LogP contribution is 2.36. The van der Waals surface area contributed by atoms with Gasteiger partial charge in [0, 0.05) is 18.0 Å². The van der Waals surface area contributed by atoms with Crippen LogP contribution in [0.3, 0.4) is 0 Å². The number of anilines is 1. The lowest BCUT2D eigenvalue weighted by molar-refractivity contribution is -0.136. The molecule has 0 saturated carbocycles. The Hall–Kier alpha value is -3.20. The zero-order chi connectivity index (χ0) is 26.3. The number of aryl methyl sites for hydroxylation is 2. The van der Waals surface area contributed by atoms with Crippen LogP contribution in [-0.2, 0) is 30.2 Å². The van der Waals surface area contributed by atoms with Gasteiger partial charge in [0.25, 0.3) is 5.91 Å². The minimum absolute atomic E-state index is 0.0591. The number of nitrogens with zero attached hydrogens (tertiary/aromatic N) is 1. The van der Waals surface area contributed by atoms with Gasteiger partial charge in [0.1, 0.15) is 5.69 Å². The lowest BCUT2D eigenvalue weighted by Crippen LogP contribution is -2.22. The van der Waals surface area contributed by atoms with Crippen molar-refractivity contribution in [1.29, 1.82) is 0 Å². The quantitative estimate of drug-likeness (QED) is 0.304. The molecule has 1 aromatic heterocycles. The van der Waals surface area contributed by atoms with Crippen LogP contribution in [0.1, 0.15) is 59.2 Å². The molecule has 2 aromatic carbocycles. The fourth-order valence-electron chi connectivity index (χ4n) is 4.18. The Morgan fingerprint density at radius 1 is 0.972 bits per heavy atom. The van der Waals surface area contributed by atoms with E-state index in [0.29, 0.717) is 11.3 Å². The molecule has 0 aliphatic rings. The largest absolute Gasteiger partial charge is 0.418 e. The van der Waals surface area contributed by atoms with Crippen molar-refractivity contribution in [2.75, 3.05) is 11.6 Å². The van der Waals surface area contributed by atoms with Gasteiger partial charge in [-0.3, -0.25) is 9.59 Å². The molecule has 0 bridgehead atoms. The standard InChI is InChI=1S/C27H30F3N3O2S/c1-18(2)33-21(11-7-10-19-8-5-4-6-9-19)13-15-24(33)26(35)31-23-16-20(17-25(34)32-36-3)12-14-22(23)27(28,29)30/h4-6,8-9,12-16,18H,7,10-11,17H2,1-3H3,(H,31,35)(H,32,34). The van der Waals surface area contributed by atoms with Crippen molar-refractivity contribution in [1.82, 2.24) is 9.29 Å². The summed E-state index contributed by atoms with van der Waals surface area (Å²) < 4.78 is 45.4. The van der Waals surface area contributed by atoms with Crippen LogP contribution in [0.4, 0.5) is 18.9 Å². The van der Waals surface area contributed by atoms with Crippen molar-refractivity contribution in [3.8, 4) is 0 Å². The molecule has 0 saturated heterocycles. The summed E-state index contributed by atoms with van der Waals surface area (Å²) in [6, 6.07) is 16.9. The zero-order valence-corrected chi connectivity index (χ0v) is 21.3. The van der Waals surface area contributed by atoms with E-state index in [2.05, 4.69) is 22.2 Å². The summed E-state index contributed by atoms with van der Waals surface area (Å²) in [6.45, 7) is 3.87. The smallest absolute Gasteiger partial charge is 0.338 e. The Labute approximate surface area is 213 Å². The second-order valence-corrected chi connectivity index (χ2v) is 9.36. The van der Waals surface area contributed by atoms with E-state index in [0.717, 1.165) is 43.0 Å². The van der Waals surface area contributed by atoms with Crippen LogP contribution in [0, 0.1) is 0 Å². The molecule has 2 N–H and O–H groups in total. The van der Waals surface area contributed by atoms with E-state index in [1.807, 2.05) is 42.7 Å². The summed E-state index contributed by atoms with van der Waals surface area (Å²) in [6.07, 6.45) is -0.594. The first-order chi connectivity index (χ1) is 17.1. The van der Waals surface area contributed by atoms with Gasteiger partial charge in [0.2, 0.25) is 5.91 Å². The lowest BCUT2D eigenvalue weighted by atomic mass is 10.1. The van der Waals surface area contributed by atoms with Crippen LogP contribution in [0.2, 0.25) is 0 Å². The van der Waals surface area contributed by atoms with E-state index in [1.54, 1.807) is 12.3 Å². The van der Waals surface area contributed by atoms with E-state index in [4.69, 9.17) is 0 Å². The maximum atomic E-state index is 13.7. The summed E-state index contributed by atoms with van der Waals surface area (Å²) in [5, 5.41) is 2.45. The Morgan fingerprint density at radius 2 is 1.69 bits per heavy atom. The average Bonchev–Trinajstić information content (AvgIpc) is 3.24. The van der Waals surface area contributed by atoms with Crippen LogP contribution in [0.25, 0.3) is 0 Å². The molecule has 0 fully saturated rings. The van der Waals surface area contributed by atoms with Crippen molar-refractivity contribution in [3.05, 3.63) is 88.7 Å². The summed E-state index contributed by atoms with van der Waals surface area (Å²) in [7, 11) is 0. The van der Waals surface area contributed by atoms with Crippen LogP contribution in [0.5, 0.6) is 0 Å². The molecule has 0 aliphatic heterocycles. The molecule has 0 radical (unpaired) electrons. The number of amides is 2. The fraction of sp³-hybridized carbons (Fsp3) is 0.333. The van der Waals surface area contributed by atoms with Crippen molar-refractivity contribution in [3.63, 3.8) is 0 Å². The van der Waals surface area contributed by atoms with Gasteiger partial charge in [0.15, 0.2) is 0 Å². The Balaban J connectivity index is 1.82. The summed E-state index contributed by atoms with van der Waals surface area (Å²) in [5.41, 5.74) is 1.50. The van der Waals surface area contributed by atoms with Gasteiger partial charge in [-0.1, -0.05) is 48.3 Å². The minimum atomic E-state index is -4.66. The molecule has 36 heavy (non-hydrogen) atoms. The highest BCUT2D eigenvalue weighted by Gasteiger charge is 2.34. The molecule has 192 valence electrons. The summed E-state index contributed by atoms with van der Waals surface area (Å²) in [5.74, 6) is -0.970. The lowest BCUT2D eigenvalue weighted by Gasteiger charge is -2.19. The van der Waals surface area contributed by atoms with Gasteiger partial charge in [0.05, 0.1) is 17.7 Å². The Morgan fingerprint density at radius 3 is 2.33 bits per heavy atom. The molecular weight excluding hydrogens is 487 g/mol. The number of nitrogens with one attached hydrogen (secondary N) is 2. The third-order valence-corrected chi connectivity index (χ3v) is 6.14. The minimum Gasteiger partial charge on any atom is -0.338 e. The van der Waals surface area contributed by atoms with Gasteiger partial charge < -0.3 is 14.6 Å². The molecule has 9 heteroatoms. The van der Waals surface area contributed by atoms with Crippen molar-refractivity contribution < 1.29 is 22.8 Å². The van der Waals surface area contributed by atoms with Crippen molar-refractivity contribution in [2.24, 2.45) is 0 Å². The fourth-order valence-corrected chi connectivity index (χ4v) is 4.48. The third-order valence-electron chi connectivity index (χ3n) is 5.71. The van der Waals surface area contributed by atoms with Crippen molar-refractivity contribution in [2.45, 2.75) is 51.7 Å². The number of carbonyl (C=O) groups is 2. The average molecular weight is 518 g/mol. The number of hydrogen-bond donors (Lipinski definition) is 2. The molecule has 0 spiro atoms. The van der Waals surface area contributed by atoms with Gasteiger partial charge in [-0.25, -0.2) is 0 Å². The van der Waals surface area contributed by atoms with Crippen LogP contribution in [-0.4, -0.2) is 22.6 Å². The van der Waals surface area contributed by atoms with Crippen molar-refractivity contribution >= 4 is 29.4 Å². The number of benzene rings is 2. The number of carbonyl (C=O) groups excluding carboxylic acids is 2. The van der Waals surface area contributed by atoms with E-state index in [1.165, 1.54) is 17.7 Å². The van der Waals surface area contributed by atoms with E-state index in [-0.39, 0.29) is 24.1 Å². The molecule has 5 nitrogen and oxygen atoms in total. The van der Waals surface area contributed by atoms with Gasteiger partial charge >= 0.3 is 6.18 Å². The Bertz CT molecular complexity index is 1190. The molecule has 0 atom stereocenters. The second kappa shape index (κ2) is 12.2. The Kier molecular flexibility index (Phi) is 9.25. The first-order valence-corrected chi connectivity index (χ1v) is 12.9. The number of alkyl halides is 3. The normalized spacial score (nSPS) is 11.5. The summed E-state index contributed by atoms with van der Waals surface area (Å²) in [4.78, 5) is 25.1. The van der Waals surface area contributed by atoms with Gasteiger partial charge in [-0.15, -0.1) is 0 Å². The topological polar surface area (TPSA) is 63.1 Å². The first-order valence-electron chi connectivity index (χ1n) is 11.7. The zero-order valence-electron chi connectivity index (χ0n) is 20.5. The molecule has 0 unspecified atom stereocenters. The predicted molar refractivity (Wildman–Crippen MR) is 138 cm³/mol. The maximum absolute atomic E-state index is 13.7. The third kappa shape index (κ3) is 7.16. The molecule has 2 amide bonds. The van der Waals surface area contributed by atoms with E-state index >= 15 is 0 Å². The molecule has 0 aliphatic carbocycles. The monoisotopic (exact) mass is 517 g/mol. The number of hydrogen-bond acceptors (Lipinski definition) is 3. The first kappa shape index (κ1) is 27.4. The van der Waals surface area contributed by atoms with Crippen LogP contribution < -0.4 is 10.0 Å². The molecule has 1 heterocycles. The van der Waals surface area contributed by atoms with Crippen LogP contribution in [0.15, 0.2) is 60.7 Å². The summed E-state index contributed by atoms with van der Waals surface area (Å²) >= 11 is 1.11. The maximum Gasteiger partial charge on any atom is 0.418 e. The van der Waals surface area contributed by atoms with Crippen LogP contribution >= 0.6 is 11.9 Å². The molecular formula is C27H30F3N3O2S. The number of halogens is 3. The second-order valence-electron chi connectivity index (χ2n) is 8.75. The number of aromatic nitrogens is 1. The highest BCUT2D eigenvalue weighted by molar-refractivity contribution is 7.97.